The lowest BCUT2D eigenvalue weighted by molar-refractivity contribution is -0.688. The number of carbonyl (C=O) groups is 1. The lowest BCUT2D eigenvalue weighted by atomic mass is 10.1. The minimum absolute atomic E-state index is 0.0861. The molecular formula is C27H20NO3S+. The number of carbonyl (C=O) groups excluding carboxylic acids is 1. The number of benzene rings is 3. The van der Waals surface area contributed by atoms with Crippen molar-refractivity contribution in [3.8, 4) is 0 Å². The second-order valence-electron chi connectivity index (χ2n) is 7.58. The first-order chi connectivity index (χ1) is 15.7. The van der Waals surface area contributed by atoms with Crippen LogP contribution in [0.15, 0.2) is 102 Å². The second-order valence-corrected chi connectivity index (χ2v) is 8.66. The second kappa shape index (κ2) is 8.73. The monoisotopic (exact) mass is 438 g/mol. The molecule has 0 fully saturated rings. The molecule has 0 radical (unpaired) electrons. The van der Waals surface area contributed by atoms with Crippen molar-refractivity contribution in [2.24, 2.45) is 0 Å². The van der Waals surface area contributed by atoms with Gasteiger partial charge in [0.2, 0.25) is 0 Å². The van der Waals surface area contributed by atoms with Crippen LogP contribution in [0.4, 0.5) is 0 Å². The third-order valence-corrected chi connectivity index (χ3v) is 6.48. The average Bonchev–Trinajstić information content (AvgIpc) is 2.84. The fourth-order valence-corrected chi connectivity index (χ4v) is 4.79. The predicted octanol–water partition coefficient (Wildman–Crippen LogP) is 5.11. The summed E-state index contributed by atoms with van der Waals surface area (Å²) in [6.45, 7) is 0.916. The van der Waals surface area contributed by atoms with Crippen LogP contribution >= 0.6 is 11.3 Å². The fraction of sp³-hybridized carbons (Fsp3) is 0.0741. The van der Waals surface area contributed by atoms with E-state index in [1.807, 2.05) is 79.1 Å². The minimum atomic E-state index is -0.329. The molecule has 3 aromatic carbocycles. The van der Waals surface area contributed by atoms with E-state index in [1.165, 1.54) is 0 Å². The summed E-state index contributed by atoms with van der Waals surface area (Å²) in [5.41, 5.74) is 2.68. The Balaban J connectivity index is 1.30. The van der Waals surface area contributed by atoms with E-state index in [9.17, 15) is 9.59 Å². The Bertz CT molecular complexity index is 1470. The van der Waals surface area contributed by atoms with Crippen LogP contribution in [-0.4, -0.2) is 5.97 Å². The van der Waals surface area contributed by atoms with Crippen LogP contribution in [-0.2, 0) is 17.9 Å². The Morgan fingerprint density at radius 2 is 1.50 bits per heavy atom. The van der Waals surface area contributed by atoms with E-state index in [0.717, 1.165) is 31.3 Å². The van der Waals surface area contributed by atoms with E-state index >= 15 is 0 Å². The van der Waals surface area contributed by atoms with Crippen molar-refractivity contribution in [3.05, 3.63) is 124 Å². The Labute approximate surface area is 189 Å². The van der Waals surface area contributed by atoms with Gasteiger partial charge in [0, 0.05) is 43.4 Å². The molecule has 156 valence electrons. The van der Waals surface area contributed by atoms with Gasteiger partial charge < -0.3 is 4.74 Å². The highest BCUT2D eigenvalue weighted by atomic mass is 32.1. The summed E-state index contributed by atoms with van der Waals surface area (Å²) in [5, 5.41) is 1.54. The van der Waals surface area contributed by atoms with Gasteiger partial charge >= 0.3 is 5.97 Å². The number of nitrogens with zero attached hydrogens (tertiary/aromatic N) is 1. The SMILES string of the molecule is O=C(OCc1cc[n+](Cc2ccc3c(=O)c4ccccc4sc3c2)cc1)c1ccccc1. The van der Waals surface area contributed by atoms with E-state index in [0.29, 0.717) is 12.1 Å². The van der Waals surface area contributed by atoms with Crippen LogP contribution in [0.2, 0.25) is 0 Å². The molecule has 0 aliphatic heterocycles. The predicted molar refractivity (Wildman–Crippen MR) is 127 cm³/mol. The summed E-state index contributed by atoms with van der Waals surface area (Å²) in [6, 6.07) is 26.6. The largest absolute Gasteiger partial charge is 0.457 e. The van der Waals surface area contributed by atoms with Gasteiger partial charge in [-0.3, -0.25) is 4.79 Å². The van der Waals surface area contributed by atoms with Gasteiger partial charge in [-0.25, -0.2) is 9.36 Å². The summed E-state index contributed by atoms with van der Waals surface area (Å²) in [6.07, 6.45) is 3.94. The van der Waals surface area contributed by atoms with Gasteiger partial charge in [-0.1, -0.05) is 36.4 Å². The van der Waals surface area contributed by atoms with Gasteiger partial charge in [-0.05, 0) is 36.4 Å². The number of aromatic nitrogens is 1. The molecule has 0 amide bonds. The summed E-state index contributed by atoms with van der Waals surface area (Å²) >= 11 is 1.64. The molecule has 32 heavy (non-hydrogen) atoms. The Morgan fingerprint density at radius 1 is 0.781 bits per heavy atom. The first-order valence-corrected chi connectivity index (χ1v) is 11.1. The van der Waals surface area contributed by atoms with Crippen molar-refractivity contribution in [1.29, 1.82) is 0 Å². The van der Waals surface area contributed by atoms with Gasteiger partial charge in [-0.15, -0.1) is 11.3 Å². The topological polar surface area (TPSA) is 47.2 Å². The Hall–Kier alpha value is -3.83. The summed E-state index contributed by atoms with van der Waals surface area (Å²) in [7, 11) is 0. The number of rotatable bonds is 5. The molecule has 5 rings (SSSR count). The molecule has 0 atom stereocenters. The lowest BCUT2D eigenvalue weighted by Gasteiger charge is -2.05. The van der Waals surface area contributed by atoms with Crippen LogP contribution in [0.5, 0.6) is 0 Å². The van der Waals surface area contributed by atoms with Gasteiger partial charge in [0.15, 0.2) is 24.4 Å². The minimum Gasteiger partial charge on any atom is -0.457 e. The Kier molecular flexibility index (Phi) is 5.48. The van der Waals surface area contributed by atoms with Crippen LogP contribution in [0.25, 0.3) is 20.2 Å². The number of esters is 1. The molecule has 5 heteroatoms. The van der Waals surface area contributed by atoms with Crippen LogP contribution in [0.3, 0.4) is 0 Å². The maximum Gasteiger partial charge on any atom is 0.338 e. The van der Waals surface area contributed by atoms with Crippen molar-refractivity contribution in [1.82, 2.24) is 0 Å². The van der Waals surface area contributed by atoms with Crippen LogP contribution < -0.4 is 10.00 Å². The molecule has 0 saturated heterocycles. The highest BCUT2D eigenvalue weighted by Gasteiger charge is 2.10. The van der Waals surface area contributed by atoms with Crippen molar-refractivity contribution < 1.29 is 14.1 Å². The summed E-state index contributed by atoms with van der Waals surface area (Å²) < 4.78 is 9.45. The number of hydrogen-bond acceptors (Lipinski definition) is 4. The average molecular weight is 439 g/mol. The molecule has 4 nitrogen and oxygen atoms in total. The number of ether oxygens (including phenoxy) is 1. The van der Waals surface area contributed by atoms with E-state index in [2.05, 4.69) is 10.6 Å². The van der Waals surface area contributed by atoms with Crippen molar-refractivity contribution >= 4 is 37.5 Å². The molecule has 0 spiro atoms. The van der Waals surface area contributed by atoms with Crippen LogP contribution in [0, 0.1) is 0 Å². The molecule has 0 aliphatic carbocycles. The van der Waals surface area contributed by atoms with E-state index in [-0.39, 0.29) is 18.0 Å². The summed E-state index contributed by atoms with van der Waals surface area (Å²) in [4.78, 5) is 24.9. The first-order valence-electron chi connectivity index (χ1n) is 10.3. The molecule has 0 aliphatic rings. The zero-order chi connectivity index (χ0) is 21.9. The lowest BCUT2D eigenvalue weighted by Crippen LogP contribution is -2.33. The molecule has 5 aromatic rings. The third kappa shape index (κ3) is 4.15. The van der Waals surface area contributed by atoms with E-state index < -0.39 is 0 Å². The number of fused-ring (bicyclic) bond motifs is 2. The zero-order valence-corrected chi connectivity index (χ0v) is 18.0. The smallest absolute Gasteiger partial charge is 0.338 e. The summed E-state index contributed by atoms with van der Waals surface area (Å²) in [5.74, 6) is -0.329. The van der Waals surface area contributed by atoms with Gasteiger partial charge in [0.05, 0.1) is 5.56 Å². The molecule has 0 unspecified atom stereocenters. The number of pyridine rings is 1. The molecular weight excluding hydrogens is 418 g/mol. The molecule has 0 bridgehead atoms. The van der Waals surface area contributed by atoms with Crippen LogP contribution in [0.1, 0.15) is 21.5 Å². The third-order valence-electron chi connectivity index (χ3n) is 5.35. The van der Waals surface area contributed by atoms with E-state index in [1.54, 1.807) is 23.5 Å². The van der Waals surface area contributed by atoms with E-state index in [4.69, 9.17) is 4.74 Å². The molecule has 0 N–H and O–H groups in total. The van der Waals surface area contributed by atoms with Gasteiger partial charge in [0.25, 0.3) is 0 Å². The molecule has 0 saturated carbocycles. The van der Waals surface area contributed by atoms with Gasteiger partial charge in [0.1, 0.15) is 6.61 Å². The standard InChI is InChI=1S/C27H20NO3S/c29-26-22-8-4-5-9-24(22)32-25-16-20(10-11-23(25)26)17-28-14-12-19(13-15-28)18-31-27(30)21-6-2-1-3-7-21/h1-16H,17-18H2/q+1. The fourth-order valence-electron chi connectivity index (χ4n) is 3.65. The molecule has 2 heterocycles. The zero-order valence-electron chi connectivity index (χ0n) is 17.2. The maximum absolute atomic E-state index is 12.8. The molecule has 2 aromatic heterocycles. The van der Waals surface area contributed by atoms with Crippen molar-refractivity contribution in [3.63, 3.8) is 0 Å². The van der Waals surface area contributed by atoms with Gasteiger partial charge in [-0.2, -0.15) is 0 Å². The first kappa shape index (κ1) is 20.1. The quantitative estimate of drug-likeness (QED) is 0.218. The van der Waals surface area contributed by atoms with Crippen molar-refractivity contribution in [2.75, 3.05) is 0 Å². The maximum atomic E-state index is 12.8. The van der Waals surface area contributed by atoms with Crippen molar-refractivity contribution in [2.45, 2.75) is 13.2 Å². The highest BCUT2D eigenvalue weighted by molar-refractivity contribution is 7.24. The highest BCUT2D eigenvalue weighted by Crippen LogP contribution is 2.25. The number of hydrogen-bond donors (Lipinski definition) is 0. The Morgan fingerprint density at radius 3 is 2.31 bits per heavy atom. The normalized spacial score (nSPS) is 11.0.